The quantitative estimate of drug-likeness (QED) is 0.746. The van der Waals surface area contributed by atoms with E-state index in [1.807, 2.05) is 13.8 Å². The van der Waals surface area contributed by atoms with Gasteiger partial charge in [-0.3, -0.25) is 14.5 Å². The molecule has 6 nitrogen and oxygen atoms in total. The third kappa shape index (κ3) is 5.06. The SMILES string of the molecule is COc1cc(Cl)c(C)cc1NC(=O)C(C)N1CCN(C(=O)c2cccc(Cl)c2)CC1. The van der Waals surface area contributed by atoms with Crippen molar-refractivity contribution in [3.8, 4) is 5.75 Å². The molecule has 2 aromatic carbocycles. The van der Waals surface area contributed by atoms with E-state index >= 15 is 0 Å². The van der Waals surface area contributed by atoms with Crippen LogP contribution in [0.2, 0.25) is 10.0 Å². The Balaban J connectivity index is 1.60. The number of hydrogen-bond acceptors (Lipinski definition) is 4. The molecule has 1 fully saturated rings. The number of ether oxygens (including phenoxy) is 1. The Morgan fingerprint density at radius 1 is 1.10 bits per heavy atom. The van der Waals surface area contributed by atoms with Crippen molar-refractivity contribution in [1.82, 2.24) is 9.80 Å². The van der Waals surface area contributed by atoms with Crippen LogP contribution in [0.15, 0.2) is 36.4 Å². The molecule has 3 rings (SSSR count). The van der Waals surface area contributed by atoms with Crippen molar-refractivity contribution in [2.24, 2.45) is 0 Å². The maximum absolute atomic E-state index is 12.8. The summed E-state index contributed by atoms with van der Waals surface area (Å²) in [5, 5.41) is 4.05. The van der Waals surface area contributed by atoms with Crippen molar-refractivity contribution in [3.63, 3.8) is 0 Å². The van der Waals surface area contributed by atoms with Gasteiger partial charge in [0.15, 0.2) is 0 Å². The second-order valence-electron chi connectivity index (χ2n) is 7.31. The molecule has 2 amide bonds. The highest BCUT2D eigenvalue weighted by Gasteiger charge is 2.28. The highest BCUT2D eigenvalue weighted by molar-refractivity contribution is 6.31. The number of carbonyl (C=O) groups excluding carboxylic acids is 2. The second kappa shape index (κ2) is 9.69. The van der Waals surface area contributed by atoms with Crippen LogP contribution in [0.4, 0.5) is 5.69 Å². The molecule has 0 bridgehead atoms. The van der Waals surface area contributed by atoms with Gasteiger partial charge in [-0.05, 0) is 43.7 Å². The molecular weight excluding hydrogens is 425 g/mol. The summed E-state index contributed by atoms with van der Waals surface area (Å²) in [7, 11) is 1.54. The topological polar surface area (TPSA) is 61.9 Å². The van der Waals surface area contributed by atoms with Gasteiger partial charge in [-0.1, -0.05) is 29.3 Å². The summed E-state index contributed by atoms with van der Waals surface area (Å²) >= 11 is 12.1. The van der Waals surface area contributed by atoms with E-state index in [0.717, 1.165) is 5.56 Å². The first-order valence-corrected chi connectivity index (χ1v) is 10.5. The fourth-order valence-corrected chi connectivity index (χ4v) is 3.79. The zero-order valence-corrected chi connectivity index (χ0v) is 18.8. The first-order valence-electron chi connectivity index (χ1n) is 9.74. The summed E-state index contributed by atoms with van der Waals surface area (Å²) in [5.74, 6) is 0.336. The van der Waals surface area contributed by atoms with Crippen LogP contribution in [-0.4, -0.2) is 60.9 Å². The lowest BCUT2D eigenvalue weighted by Crippen LogP contribution is -2.54. The molecule has 1 unspecified atom stereocenters. The minimum atomic E-state index is -0.353. The fraction of sp³-hybridized carbons (Fsp3) is 0.364. The lowest BCUT2D eigenvalue weighted by atomic mass is 10.1. The first kappa shape index (κ1) is 22.4. The van der Waals surface area contributed by atoms with E-state index in [9.17, 15) is 9.59 Å². The molecule has 1 saturated heterocycles. The lowest BCUT2D eigenvalue weighted by molar-refractivity contribution is -0.121. The third-order valence-corrected chi connectivity index (χ3v) is 5.98. The molecule has 8 heteroatoms. The smallest absolute Gasteiger partial charge is 0.253 e. The zero-order chi connectivity index (χ0) is 21.8. The van der Waals surface area contributed by atoms with Gasteiger partial charge in [0.25, 0.3) is 5.91 Å². The van der Waals surface area contributed by atoms with Crippen LogP contribution in [0, 0.1) is 6.92 Å². The van der Waals surface area contributed by atoms with E-state index in [4.69, 9.17) is 27.9 Å². The van der Waals surface area contributed by atoms with Gasteiger partial charge in [0.2, 0.25) is 5.91 Å². The van der Waals surface area contributed by atoms with Gasteiger partial charge in [-0.25, -0.2) is 0 Å². The molecule has 160 valence electrons. The average Bonchev–Trinajstić information content (AvgIpc) is 2.75. The van der Waals surface area contributed by atoms with E-state index in [1.165, 1.54) is 7.11 Å². The number of aryl methyl sites for hydroxylation is 1. The molecule has 1 aliphatic heterocycles. The van der Waals surface area contributed by atoms with E-state index in [0.29, 0.717) is 53.2 Å². The van der Waals surface area contributed by atoms with Crippen LogP contribution in [-0.2, 0) is 4.79 Å². The highest BCUT2D eigenvalue weighted by atomic mass is 35.5. The number of benzene rings is 2. The molecular formula is C22H25Cl2N3O3. The number of anilines is 1. The van der Waals surface area contributed by atoms with E-state index in [1.54, 1.807) is 41.3 Å². The van der Waals surface area contributed by atoms with Crippen molar-refractivity contribution >= 4 is 40.7 Å². The molecule has 0 saturated carbocycles. The van der Waals surface area contributed by atoms with E-state index in [2.05, 4.69) is 10.2 Å². The van der Waals surface area contributed by atoms with Gasteiger partial charge in [0, 0.05) is 47.9 Å². The molecule has 1 heterocycles. The van der Waals surface area contributed by atoms with Crippen LogP contribution in [0.3, 0.4) is 0 Å². The fourth-order valence-electron chi connectivity index (χ4n) is 3.45. The van der Waals surface area contributed by atoms with Gasteiger partial charge in [0.1, 0.15) is 5.75 Å². The average molecular weight is 450 g/mol. The largest absolute Gasteiger partial charge is 0.495 e. The number of nitrogens with zero attached hydrogens (tertiary/aromatic N) is 2. The second-order valence-corrected chi connectivity index (χ2v) is 8.15. The van der Waals surface area contributed by atoms with Crippen LogP contribution in [0.25, 0.3) is 0 Å². The number of carbonyl (C=O) groups is 2. The number of amides is 2. The van der Waals surface area contributed by atoms with Crippen molar-refractivity contribution in [1.29, 1.82) is 0 Å². The van der Waals surface area contributed by atoms with Crippen molar-refractivity contribution < 1.29 is 14.3 Å². The number of rotatable bonds is 5. The Kier molecular flexibility index (Phi) is 7.23. The Morgan fingerprint density at radius 3 is 2.43 bits per heavy atom. The van der Waals surface area contributed by atoms with Gasteiger partial charge in [-0.15, -0.1) is 0 Å². The van der Waals surface area contributed by atoms with Crippen molar-refractivity contribution in [2.75, 3.05) is 38.6 Å². The molecule has 1 aliphatic rings. The number of halogens is 2. The third-order valence-electron chi connectivity index (χ3n) is 5.34. The Hall–Kier alpha value is -2.28. The summed E-state index contributed by atoms with van der Waals surface area (Å²) in [4.78, 5) is 29.3. The maximum Gasteiger partial charge on any atom is 0.253 e. The molecule has 2 aromatic rings. The van der Waals surface area contributed by atoms with Crippen molar-refractivity contribution in [2.45, 2.75) is 19.9 Å². The number of piperazine rings is 1. The summed E-state index contributed by atoms with van der Waals surface area (Å²) in [6.07, 6.45) is 0. The Morgan fingerprint density at radius 2 is 1.80 bits per heavy atom. The first-order chi connectivity index (χ1) is 14.3. The van der Waals surface area contributed by atoms with E-state index < -0.39 is 0 Å². The summed E-state index contributed by atoms with van der Waals surface area (Å²) in [6.45, 7) is 6.05. The van der Waals surface area contributed by atoms with Crippen LogP contribution in [0.5, 0.6) is 5.75 Å². The molecule has 0 aromatic heterocycles. The Labute approximate surface area is 186 Å². The van der Waals surface area contributed by atoms with Crippen LogP contribution in [0.1, 0.15) is 22.8 Å². The predicted octanol–water partition coefficient (Wildman–Crippen LogP) is 4.10. The molecule has 1 atom stereocenters. The van der Waals surface area contributed by atoms with Gasteiger partial charge >= 0.3 is 0 Å². The summed E-state index contributed by atoms with van der Waals surface area (Å²) < 4.78 is 5.33. The minimum absolute atomic E-state index is 0.0457. The van der Waals surface area contributed by atoms with E-state index in [-0.39, 0.29) is 17.9 Å². The molecule has 0 aliphatic carbocycles. The van der Waals surface area contributed by atoms with Crippen LogP contribution < -0.4 is 10.1 Å². The summed E-state index contributed by atoms with van der Waals surface area (Å²) in [5.41, 5.74) is 2.02. The number of methoxy groups -OCH3 is 1. The zero-order valence-electron chi connectivity index (χ0n) is 17.2. The molecule has 1 N–H and O–H groups in total. The van der Waals surface area contributed by atoms with Crippen molar-refractivity contribution in [3.05, 3.63) is 57.6 Å². The van der Waals surface area contributed by atoms with Crippen LogP contribution >= 0.6 is 23.2 Å². The number of hydrogen-bond donors (Lipinski definition) is 1. The predicted molar refractivity (Wildman–Crippen MR) is 120 cm³/mol. The molecule has 30 heavy (non-hydrogen) atoms. The standard InChI is InChI=1S/C22H25Cl2N3O3/c1-14-11-19(20(30-3)13-18(14)24)25-21(28)15(2)26-7-9-27(10-8-26)22(29)16-5-4-6-17(23)12-16/h4-6,11-13,15H,7-10H2,1-3H3,(H,25,28). The minimum Gasteiger partial charge on any atom is -0.495 e. The van der Waals surface area contributed by atoms with Gasteiger partial charge in [0.05, 0.1) is 18.8 Å². The molecule has 0 radical (unpaired) electrons. The normalized spacial score (nSPS) is 15.6. The lowest BCUT2D eigenvalue weighted by Gasteiger charge is -2.37. The highest BCUT2D eigenvalue weighted by Crippen LogP contribution is 2.31. The van der Waals surface area contributed by atoms with Gasteiger partial charge in [-0.2, -0.15) is 0 Å². The Bertz CT molecular complexity index is 943. The van der Waals surface area contributed by atoms with Gasteiger partial charge < -0.3 is 15.0 Å². The summed E-state index contributed by atoms with van der Waals surface area (Å²) in [6, 6.07) is 10.1. The monoisotopic (exact) mass is 449 g/mol. The number of nitrogens with one attached hydrogen (secondary N) is 1. The molecule has 0 spiro atoms. The maximum atomic E-state index is 12.8.